The molecule has 3 heteroatoms. The summed E-state index contributed by atoms with van der Waals surface area (Å²) in [6.45, 7) is 11.4. The van der Waals surface area contributed by atoms with Crippen LogP contribution in [0.25, 0.3) is 5.32 Å². The average molecular weight is 342 g/mol. The van der Waals surface area contributed by atoms with Gasteiger partial charge in [0.25, 0.3) is 0 Å². The third-order valence-electron chi connectivity index (χ3n) is 1.08. The Bertz CT molecular complexity index is 153. The molecular formula is C9H18NORe-. The van der Waals surface area contributed by atoms with Crippen LogP contribution in [-0.2, 0) is 25.2 Å². The van der Waals surface area contributed by atoms with Crippen molar-refractivity contribution in [1.29, 1.82) is 0 Å². The summed E-state index contributed by atoms with van der Waals surface area (Å²) >= 11 is 0. The minimum absolute atomic E-state index is 0. The molecule has 0 aromatic carbocycles. The van der Waals surface area contributed by atoms with Crippen molar-refractivity contribution in [3.63, 3.8) is 0 Å². The van der Waals surface area contributed by atoms with Crippen molar-refractivity contribution in [2.24, 2.45) is 5.41 Å². The Kier molecular flexibility index (Phi) is 5.36. The van der Waals surface area contributed by atoms with Crippen LogP contribution in [0.3, 0.4) is 0 Å². The molecule has 0 aliphatic heterocycles. The molecule has 0 aromatic heterocycles. The molecule has 0 unspecified atom stereocenters. The number of amides is 1. The molecule has 0 aliphatic rings. The SMILES string of the molecule is CC(C)(C)[N-]C(=O)C(C)(C)C.[Re]. The third-order valence-corrected chi connectivity index (χ3v) is 1.08. The summed E-state index contributed by atoms with van der Waals surface area (Å²) in [5, 5.41) is 4.04. The molecule has 0 fully saturated rings. The van der Waals surface area contributed by atoms with E-state index in [1.165, 1.54) is 0 Å². The maximum Gasteiger partial charge on any atom is 0.0569 e. The zero-order valence-electron chi connectivity index (χ0n) is 8.73. The van der Waals surface area contributed by atoms with Gasteiger partial charge < -0.3 is 10.1 Å². The fourth-order valence-electron chi connectivity index (χ4n) is 0.472. The number of hydrogen-bond donors (Lipinski definition) is 0. The summed E-state index contributed by atoms with van der Waals surface area (Å²) < 4.78 is 0. The van der Waals surface area contributed by atoms with E-state index in [1.807, 2.05) is 41.5 Å². The van der Waals surface area contributed by atoms with Gasteiger partial charge in [0.2, 0.25) is 0 Å². The van der Waals surface area contributed by atoms with Crippen LogP contribution in [0.2, 0.25) is 0 Å². The van der Waals surface area contributed by atoms with E-state index in [0.717, 1.165) is 0 Å². The van der Waals surface area contributed by atoms with E-state index in [0.29, 0.717) is 0 Å². The van der Waals surface area contributed by atoms with Crippen LogP contribution in [-0.4, -0.2) is 11.4 Å². The first-order valence-corrected chi connectivity index (χ1v) is 3.90. The molecule has 0 saturated carbocycles. The number of hydrogen-bond acceptors (Lipinski definition) is 1. The minimum Gasteiger partial charge on any atom is -0.648 e. The first kappa shape index (κ1) is 14.6. The van der Waals surface area contributed by atoms with Crippen LogP contribution < -0.4 is 0 Å². The van der Waals surface area contributed by atoms with Crippen LogP contribution in [0, 0.1) is 5.41 Å². The summed E-state index contributed by atoms with van der Waals surface area (Å²) in [6, 6.07) is 0. The second kappa shape index (κ2) is 4.39. The van der Waals surface area contributed by atoms with E-state index >= 15 is 0 Å². The van der Waals surface area contributed by atoms with Crippen LogP contribution >= 0.6 is 0 Å². The molecule has 0 aliphatic carbocycles. The summed E-state index contributed by atoms with van der Waals surface area (Å²) in [7, 11) is 0. The second-order valence-electron chi connectivity index (χ2n) is 4.84. The Morgan fingerprint density at radius 2 is 1.33 bits per heavy atom. The van der Waals surface area contributed by atoms with Crippen molar-refractivity contribution >= 4 is 5.91 Å². The summed E-state index contributed by atoms with van der Waals surface area (Å²) in [6.07, 6.45) is 0. The molecule has 0 heterocycles. The van der Waals surface area contributed by atoms with Crippen LogP contribution in [0.5, 0.6) is 0 Å². The Balaban J connectivity index is 0. The molecule has 0 aromatic rings. The van der Waals surface area contributed by atoms with Gasteiger partial charge in [-0.25, -0.2) is 0 Å². The topological polar surface area (TPSA) is 31.2 Å². The molecule has 0 N–H and O–H groups in total. The van der Waals surface area contributed by atoms with E-state index in [-0.39, 0.29) is 37.3 Å². The van der Waals surface area contributed by atoms with Crippen molar-refractivity contribution in [2.75, 3.05) is 0 Å². The van der Waals surface area contributed by atoms with Gasteiger partial charge in [0, 0.05) is 25.8 Å². The molecule has 1 amide bonds. The smallest absolute Gasteiger partial charge is 0.0569 e. The molecule has 0 spiro atoms. The van der Waals surface area contributed by atoms with Gasteiger partial charge in [-0.05, 0) is 0 Å². The molecule has 12 heavy (non-hydrogen) atoms. The predicted molar refractivity (Wildman–Crippen MR) is 47.6 cm³/mol. The monoisotopic (exact) mass is 343 g/mol. The number of nitrogens with zero attached hydrogens (tertiary/aromatic N) is 1. The zero-order chi connectivity index (χ0) is 9.28. The Morgan fingerprint density at radius 1 is 1.00 bits per heavy atom. The second-order valence-corrected chi connectivity index (χ2v) is 4.84. The van der Waals surface area contributed by atoms with E-state index in [1.54, 1.807) is 0 Å². The van der Waals surface area contributed by atoms with Crippen molar-refractivity contribution in [1.82, 2.24) is 0 Å². The maximum absolute atomic E-state index is 11.3. The van der Waals surface area contributed by atoms with E-state index < -0.39 is 0 Å². The van der Waals surface area contributed by atoms with Crippen LogP contribution in [0.15, 0.2) is 0 Å². The van der Waals surface area contributed by atoms with Gasteiger partial charge in [0.15, 0.2) is 0 Å². The first-order chi connectivity index (χ1) is 4.63. The molecule has 73 valence electrons. The van der Waals surface area contributed by atoms with E-state index in [2.05, 4.69) is 5.32 Å². The largest absolute Gasteiger partial charge is 0.648 e. The molecule has 0 atom stereocenters. The van der Waals surface area contributed by atoms with E-state index in [4.69, 9.17) is 0 Å². The van der Waals surface area contributed by atoms with E-state index in [9.17, 15) is 4.79 Å². The van der Waals surface area contributed by atoms with Crippen LogP contribution in [0.4, 0.5) is 0 Å². The molecule has 0 rings (SSSR count). The van der Waals surface area contributed by atoms with Gasteiger partial charge in [-0.1, -0.05) is 41.5 Å². The summed E-state index contributed by atoms with van der Waals surface area (Å²) in [5.41, 5.74) is -0.586. The van der Waals surface area contributed by atoms with Crippen LogP contribution in [0.1, 0.15) is 41.5 Å². The summed E-state index contributed by atoms with van der Waals surface area (Å²) in [5.74, 6) is -0.0231. The standard InChI is InChI=1S/C9H19NO.Re/c1-8(2,3)7(11)10-9(4,5)6;/h1-6H3,(H,10,11);/p-1. The maximum atomic E-state index is 11.3. The minimum atomic E-state index is -0.340. The van der Waals surface area contributed by atoms with Gasteiger partial charge in [0.1, 0.15) is 0 Å². The number of rotatable bonds is 0. The average Bonchev–Trinajstić information content (AvgIpc) is 1.56. The predicted octanol–water partition coefficient (Wildman–Crippen LogP) is 2.73. The molecule has 0 saturated heterocycles. The number of carbonyl (C=O) groups excluding carboxylic acids is 1. The molecular weight excluding hydrogens is 324 g/mol. The zero-order valence-corrected chi connectivity index (χ0v) is 11.4. The molecule has 1 radical (unpaired) electrons. The van der Waals surface area contributed by atoms with Gasteiger partial charge in [-0.2, -0.15) is 0 Å². The fourth-order valence-corrected chi connectivity index (χ4v) is 0.472. The number of carbonyl (C=O) groups is 1. The van der Waals surface area contributed by atoms with Gasteiger partial charge in [0.05, 0.1) is 5.91 Å². The Labute approximate surface area is 89.1 Å². The van der Waals surface area contributed by atoms with Crippen molar-refractivity contribution in [2.45, 2.75) is 47.1 Å². The van der Waals surface area contributed by atoms with Crippen molar-refractivity contribution in [3.05, 3.63) is 5.32 Å². The first-order valence-electron chi connectivity index (χ1n) is 3.90. The summed E-state index contributed by atoms with van der Waals surface area (Å²) in [4.78, 5) is 11.3. The van der Waals surface area contributed by atoms with Gasteiger partial charge in [-0.3, -0.25) is 0 Å². The van der Waals surface area contributed by atoms with Crippen molar-refractivity contribution in [3.8, 4) is 0 Å². The van der Waals surface area contributed by atoms with Gasteiger partial charge in [-0.15, -0.1) is 5.54 Å². The van der Waals surface area contributed by atoms with Gasteiger partial charge >= 0.3 is 0 Å². The molecule has 0 bridgehead atoms. The quantitative estimate of drug-likeness (QED) is 0.666. The third kappa shape index (κ3) is 6.82. The molecule has 2 nitrogen and oxygen atoms in total. The van der Waals surface area contributed by atoms with Crippen molar-refractivity contribution < 1.29 is 25.2 Å². The fraction of sp³-hybridized carbons (Fsp3) is 0.889. The Morgan fingerprint density at radius 3 is 1.42 bits per heavy atom. The Hall–Kier alpha value is 0.132. The normalized spacial score (nSPS) is 11.8.